The third-order valence-electron chi connectivity index (χ3n) is 19.2. The molecule has 108 heavy (non-hydrogen) atoms. The molecule has 0 aliphatic rings. The highest BCUT2D eigenvalue weighted by Gasteiger charge is 2.21. The average Bonchev–Trinajstić information content (AvgIpc) is 1.57. The first-order valence-electron chi connectivity index (χ1n) is 33.4. The van der Waals surface area contributed by atoms with Crippen LogP contribution in [0.15, 0.2) is 209 Å². The molecule has 0 amide bonds. The second-order valence-electron chi connectivity index (χ2n) is 25.7. The molecule has 11 aromatic carbocycles. The van der Waals surface area contributed by atoms with E-state index in [1.165, 1.54) is 43.5 Å². The van der Waals surface area contributed by atoms with E-state index >= 15 is 0 Å². The van der Waals surface area contributed by atoms with E-state index < -0.39 is 0 Å². The summed E-state index contributed by atoms with van der Waals surface area (Å²) in [5.74, 6) is 2.23. The fourth-order valence-electron chi connectivity index (χ4n) is 14.3. The van der Waals surface area contributed by atoms with Crippen LogP contribution in [0.4, 0.5) is 0 Å². The van der Waals surface area contributed by atoms with Gasteiger partial charge in [-0.3, -0.25) is 27.6 Å². The van der Waals surface area contributed by atoms with Crippen LogP contribution in [0, 0.1) is 13.8 Å². The Labute approximate surface area is 613 Å². The number of hydrogen-bond donors (Lipinski definition) is 12. The molecule has 12 N–H and O–H groups in total. The van der Waals surface area contributed by atoms with Crippen molar-refractivity contribution >= 4 is 148 Å². The summed E-state index contributed by atoms with van der Waals surface area (Å²) in [6.07, 6.45) is 1.69. The van der Waals surface area contributed by atoms with Crippen molar-refractivity contribution < 1.29 is 69.6 Å². The zero-order chi connectivity index (χ0) is 76.0. The Morgan fingerprint density at radius 2 is 0.685 bits per heavy atom. The van der Waals surface area contributed by atoms with Crippen molar-refractivity contribution in [3.63, 3.8) is 0 Å². The average molecular weight is 1470 g/mol. The van der Waals surface area contributed by atoms with Gasteiger partial charge < -0.3 is 84.6 Å². The number of phenolic OH excluding ortho intramolecular Hbond substituents is 9. The molecule has 9 heterocycles. The summed E-state index contributed by atoms with van der Waals surface area (Å²) in [5.41, 5.74) is 10.1. The molecule has 0 spiro atoms. The summed E-state index contributed by atoms with van der Waals surface area (Å²) < 4.78 is 31.5. The fourth-order valence-corrected chi connectivity index (χ4v) is 14.6. The number of halogens is 1. The van der Waals surface area contributed by atoms with Crippen molar-refractivity contribution in [3.8, 4) is 80.5 Å². The van der Waals surface area contributed by atoms with Gasteiger partial charge in [0.25, 0.3) is 16.7 Å². The van der Waals surface area contributed by atoms with Crippen LogP contribution in [-0.4, -0.2) is 110 Å². The largest absolute Gasteiger partial charge is 0.506 e. The lowest BCUT2D eigenvalue weighted by atomic mass is 10.1. The van der Waals surface area contributed by atoms with Crippen LogP contribution in [0.5, 0.6) is 80.5 Å². The smallest absolute Gasteiger partial charge is 0.255 e. The zero-order valence-corrected chi connectivity index (χ0v) is 59.2. The van der Waals surface area contributed by atoms with Crippen molar-refractivity contribution in [2.45, 2.75) is 13.8 Å². The van der Waals surface area contributed by atoms with E-state index in [0.717, 1.165) is 120 Å². The number of para-hydroxylation sites is 3. The number of rotatable bonds is 5. The first kappa shape index (κ1) is 69.4. The van der Waals surface area contributed by atoms with Crippen LogP contribution in [0.1, 0.15) is 11.1 Å². The number of aromatic nitrogens is 6. The molecule has 23 nitrogen and oxygen atoms in total. The molecule has 0 radical (unpaired) electrons. The van der Waals surface area contributed by atoms with E-state index in [-0.39, 0.29) is 73.4 Å². The summed E-state index contributed by atoms with van der Waals surface area (Å²) in [7, 11) is 7.91. The number of H-pyrrole nitrogens is 3. The maximum atomic E-state index is 12.3. The standard InChI is InChI=1S/C17H13NO3.C16H11NO3.C15H9NO3.C15H15NO3.C13H11NO3.C8H6ClNO2/c1-20-14-8-12-11-5-3-4-10-6-7-16(19)18(17(10)11)13(12)9-15(14)21-2;1-20-14-8-12-11(7-13(14)18)10-4-2-3-9-5-6-15(19)17(12)16(9)10;17-12-6-10-9-3-1-2-8-4-5-14(19)16(15(8)9)11(10)7-13(12)18;1-8-4-10-9-6-13(18-2)14(19-3)7-11(9)16-15(10)12(17)5-8;1-6-2-8-7-4-10(15)11(16)5-9(7)14-13(8)12(17)3-6;9-7-4-1-2-10-5(4)3-6(11)8(7)12/h3-9H,1-2H3;2-8,18H,1H3;1-7,17-18H;4-7,16-17H,1-3H3;2-5,14-17H,1H3;1-3,10-12H. The van der Waals surface area contributed by atoms with Crippen molar-refractivity contribution in [2.24, 2.45) is 0 Å². The Kier molecular flexibility index (Phi) is 17.4. The van der Waals surface area contributed by atoms with E-state index in [0.29, 0.717) is 56.2 Å². The number of nitrogens with one attached hydrogen (secondary N) is 3. The number of fused-ring (bicyclic) bond motifs is 16. The quantitative estimate of drug-likeness (QED) is 0.0712. The fraction of sp³-hybridized carbons (Fsp3) is 0.0833. The van der Waals surface area contributed by atoms with Gasteiger partial charge in [-0.1, -0.05) is 66.2 Å². The van der Waals surface area contributed by atoms with Gasteiger partial charge >= 0.3 is 0 Å². The van der Waals surface area contributed by atoms with Crippen LogP contribution < -0.4 is 40.4 Å². The second-order valence-corrected chi connectivity index (χ2v) is 26.1. The number of pyridine rings is 3. The molecular weight excluding hydrogens is 1400 g/mol. The highest BCUT2D eigenvalue weighted by Crippen LogP contribution is 2.44. The maximum Gasteiger partial charge on any atom is 0.255 e. The van der Waals surface area contributed by atoms with Gasteiger partial charge in [0.2, 0.25) is 0 Å². The molecule has 0 saturated carbocycles. The first-order chi connectivity index (χ1) is 52.0. The van der Waals surface area contributed by atoms with Crippen molar-refractivity contribution in [3.05, 3.63) is 241 Å². The van der Waals surface area contributed by atoms with Crippen molar-refractivity contribution in [2.75, 3.05) is 35.5 Å². The van der Waals surface area contributed by atoms with Gasteiger partial charge in [0.15, 0.2) is 69.0 Å². The first-order valence-corrected chi connectivity index (χ1v) is 33.8. The van der Waals surface area contributed by atoms with Crippen molar-refractivity contribution in [1.29, 1.82) is 0 Å². The lowest BCUT2D eigenvalue weighted by Gasteiger charge is -2.07. The van der Waals surface area contributed by atoms with Gasteiger partial charge in [-0.25, -0.2) is 0 Å². The van der Waals surface area contributed by atoms with E-state index in [2.05, 4.69) is 15.0 Å². The van der Waals surface area contributed by atoms with Crippen molar-refractivity contribution in [1.82, 2.24) is 28.2 Å². The second kappa shape index (κ2) is 27.1. The predicted octanol–water partition coefficient (Wildman–Crippen LogP) is 16.6. The minimum Gasteiger partial charge on any atom is -0.506 e. The number of nitrogens with zero attached hydrogens (tertiary/aromatic N) is 3. The molecule has 540 valence electrons. The van der Waals surface area contributed by atoms with E-state index in [4.69, 9.17) is 40.4 Å². The number of aromatic amines is 3. The summed E-state index contributed by atoms with van der Waals surface area (Å²) in [5, 5.41) is 99.4. The number of benzene rings is 11. The maximum absolute atomic E-state index is 12.3. The van der Waals surface area contributed by atoms with Gasteiger partial charge in [0.05, 0.1) is 101 Å². The van der Waals surface area contributed by atoms with Gasteiger partial charge in [-0.15, -0.1) is 0 Å². The molecule has 20 rings (SSSR count). The third-order valence-corrected chi connectivity index (χ3v) is 19.6. The number of ether oxygens (including phenoxy) is 5. The molecule has 0 bridgehead atoms. The molecular formula is C84H65ClN6O17. The zero-order valence-electron chi connectivity index (χ0n) is 58.5. The topological polar surface area (TPSA) is 340 Å². The monoisotopic (exact) mass is 1460 g/mol. The Morgan fingerprint density at radius 3 is 1.17 bits per heavy atom. The minimum absolute atomic E-state index is 0.0408. The number of aromatic hydroxyl groups is 9. The SMILES string of the molecule is COc1cc2[nH]c3c(O)cc(C)cc3c2cc1OC.COc1cc2c(cc1O)c1cccc3ccc(=O)n2c31.COc1cc2c3cccc4ccc(=O)n(c2cc1OC)c43.Cc1cc(O)c2[nH]c3cc(O)c(O)cc3c2c1.O=c1ccc2cccc3c4cc(O)c(O)cc4n1c23.Oc1cc2[nH]ccc2c(Cl)c1O. The minimum atomic E-state index is -0.274. The van der Waals surface area contributed by atoms with Gasteiger partial charge in [-0.05, 0) is 120 Å². The Bertz CT molecular complexity index is 7180. The molecule has 0 atom stereocenters. The summed E-state index contributed by atoms with van der Waals surface area (Å²) in [6.45, 7) is 3.84. The molecule has 0 aliphatic heterocycles. The third kappa shape index (κ3) is 11.6. The Balaban J connectivity index is 0.000000104. The summed E-state index contributed by atoms with van der Waals surface area (Å²) in [6, 6.07) is 55.1. The molecule has 9 aromatic heterocycles. The van der Waals surface area contributed by atoms with Crippen LogP contribution in [0.3, 0.4) is 0 Å². The van der Waals surface area contributed by atoms with Gasteiger partial charge in [-0.2, -0.15) is 0 Å². The Morgan fingerprint density at radius 1 is 0.315 bits per heavy atom. The molecule has 0 unspecified atom stereocenters. The molecule has 0 saturated heterocycles. The normalized spacial score (nSPS) is 11.4. The highest BCUT2D eigenvalue weighted by molar-refractivity contribution is 6.37. The lowest BCUT2D eigenvalue weighted by Crippen LogP contribution is -2.09. The van der Waals surface area contributed by atoms with Gasteiger partial charge in [0, 0.05) is 120 Å². The molecule has 20 aromatic rings. The number of phenols is 9. The molecule has 0 fully saturated rings. The highest BCUT2D eigenvalue weighted by atomic mass is 35.5. The Hall–Kier alpha value is -14.3. The van der Waals surface area contributed by atoms with Crippen LogP contribution in [0.25, 0.3) is 136 Å². The van der Waals surface area contributed by atoms with E-state index in [1.54, 1.807) is 96.4 Å². The van der Waals surface area contributed by atoms with E-state index in [1.807, 2.05) is 117 Å². The van der Waals surface area contributed by atoms with Crippen LogP contribution in [-0.2, 0) is 0 Å². The number of aryl methyl sites for hydroxylation is 2. The number of hydrogen-bond acceptors (Lipinski definition) is 17. The predicted molar refractivity (Wildman–Crippen MR) is 422 cm³/mol. The molecule has 24 heteroatoms. The van der Waals surface area contributed by atoms with Crippen LogP contribution in [0.2, 0.25) is 5.02 Å². The summed E-state index contributed by atoms with van der Waals surface area (Å²) >= 11 is 5.74. The molecule has 0 aliphatic carbocycles. The van der Waals surface area contributed by atoms with E-state index in [9.17, 15) is 55.2 Å². The summed E-state index contributed by atoms with van der Waals surface area (Å²) in [4.78, 5) is 45.7. The number of methoxy groups -OCH3 is 5. The van der Waals surface area contributed by atoms with Gasteiger partial charge in [0.1, 0.15) is 11.5 Å². The van der Waals surface area contributed by atoms with Crippen LogP contribution >= 0.6 is 11.6 Å². The lowest BCUT2D eigenvalue weighted by molar-refractivity contribution is 0.356.